The molecule has 0 aliphatic heterocycles. The van der Waals surface area contributed by atoms with E-state index in [1.54, 1.807) is 13.2 Å². The molecular weight excluding hydrogens is 187 g/mol. The molecule has 0 N–H and O–H groups in total. The molecule has 1 rings (SSSR count). The Balaban J connectivity index is 0. The molecule has 0 saturated heterocycles. The molecule has 4 nitrogen and oxygen atoms in total. The Labute approximate surface area is 102 Å². The maximum Gasteiger partial charge on any atom is 1.00 e. The van der Waals surface area contributed by atoms with Gasteiger partial charge in [-0.25, -0.2) is 0 Å². The zero-order valence-electron chi connectivity index (χ0n) is 9.79. The van der Waals surface area contributed by atoms with Crippen LogP contribution in [-0.2, 0) is 4.79 Å². The third kappa shape index (κ3) is 6.27. The molecule has 0 amide bonds. The first-order valence-corrected chi connectivity index (χ1v) is 4.05. The summed E-state index contributed by atoms with van der Waals surface area (Å²) in [5.74, 6) is 1.44. The van der Waals surface area contributed by atoms with Crippen LogP contribution in [-0.4, -0.2) is 18.2 Å². The number of aromatic nitrogens is 1. The van der Waals surface area contributed by atoms with E-state index in [9.17, 15) is 4.79 Å². The Morgan fingerprint density at radius 2 is 1.93 bits per heavy atom. The van der Waals surface area contributed by atoms with Crippen LogP contribution < -0.4 is 18.9 Å². The van der Waals surface area contributed by atoms with Crippen LogP contribution in [0.3, 0.4) is 0 Å². The maximum absolute atomic E-state index is 10.1. The van der Waals surface area contributed by atoms with Crippen LogP contribution in [0.5, 0.6) is 0 Å². The minimum Gasteiger partial charge on any atom is -0.412 e. The van der Waals surface area contributed by atoms with Crippen LogP contribution in [0.25, 0.3) is 0 Å². The van der Waals surface area contributed by atoms with E-state index in [-0.39, 0.29) is 30.3 Å². The molecule has 78 valence electrons. The molecule has 15 heavy (non-hydrogen) atoms. The van der Waals surface area contributed by atoms with Crippen molar-refractivity contribution < 1.29 is 28.2 Å². The van der Waals surface area contributed by atoms with Crippen molar-refractivity contribution in [1.82, 2.24) is 5.16 Å². The number of rotatable bonds is 2. The Hall–Kier alpha value is -0.853. The van der Waals surface area contributed by atoms with Crippen LogP contribution in [0.15, 0.2) is 9.52 Å². The fourth-order valence-electron chi connectivity index (χ4n) is 0.563. The van der Waals surface area contributed by atoms with Gasteiger partial charge in [-0.05, 0) is 5.69 Å². The van der Waals surface area contributed by atoms with Crippen molar-refractivity contribution in [3.63, 3.8) is 0 Å². The monoisotopic (exact) mass is 200 g/mol. The maximum atomic E-state index is 10.1. The summed E-state index contributed by atoms with van der Waals surface area (Å²) in [6.45, 7) is 12.7. The van der Waals surface area contributed by atoms with Crippen molar-refractivity contribution in [3.8, 4) is 0 Å². The van der Waals surface area contributed by atoms with Gasteiger partial charge in [-0.15, -0.1) is 0 Å². The summed E-state index contributed by atoms with van der Waals surface area (Å²) in [7, 11) is 0. The van der Waals surface area contributed by atoms with Gasteiger partial charge < -0.3 is 20.2 Å². The quantitative estimate of drug-likeness (QED) is 0.359. The van der Waals surface area contributed by atoms with Crippen molar-refractivity contribution >= 4 is 18.9 Å². The Bertz CT molecular complexity index is 306. The smallest absolute Gasteiger partial charge is 0.412 e. The molecule has 1 aromatic heterocycles. The molecular formula is C10H13LiN2O2-2. The van der Waals surface area contributed by atoms with Crippen LogP contribution in [0.4, 0.5) is 5.88 Å². The van der Waals surface area contributed by atoms with E-state index in [4.69, 9.17) is 6.72 Å². The SMILES string of the molecule is C[C-](C)C.[CH-]=Nc1onc(C)c1[C-]=O.[Li+]. The van der Waals surface area contributed by atoms with Gasteiger partial charge in [0.15, 0.2) is 0 Å². The van der Waals surface area contributed by atoms with Crippen LogP contribution >= 0.6 is 0 Å². The van der Waals surface area contributed by atoms with E-state index in [0.717, 1.165) is 0 Å². The first kappa shape index (κ1) is 16.6. The molecule has 0 radical (unpaired) electrons. The summed E-state index contributed by atoms with van der Waals surface area (Å²) in [6, 6.07) is 0. The average molecular weight is 200 g/mol. The van der Waals surface area contributed by atoms with Crippen LogP contribution in [0.2, 0.25) is 0 Å². The normalized spacial score (nSPS) is 8.60. The van der Waals surface area contributed by atoms with E-state index < -0.39 is 0 Å². The third-order valence-corrected chi connectivity index (χ3v) is 1.06. The Kier molecular flexibility index (Phi) is 9.34. The van der Waals surface area contributed by atoms with E-state index in [0.29, 0.717) is 5.69 Å². The average Bonchev–Trinajstić information content (AvgIpc) is 2.44. The zero-order chi connectivity index (χ0) is 11.1. The predicted molar refractivity (Wildman–Crippen MR) is 54.5 cm³/mol. The molecule has 0 aliphatic carbocycles. The molecule has 0 spiro atoms. The largest absolute Gasteiger partial charge is 1.00 e. The first-order valence-electron chi connectivity index (χ1n) is 4.05. The predicted octanol–water partition coefficient (Wildman–Crippen LogP) is -0.725. The number of aliphatic imine (C=N–C) groups is 1. The summed E-state index contributed by atoms with van der Waals surface area (Å²) < 4.78 is 4.53. The van der Waals surface area contributed by atoms with E-state index in [1.807, 2.05) is 0 Å². The summed E-state index contributed by atoms with van der Waals surface area (Å²) in [6.07, 6.45) is 1.61. The number of nitrogens with zero attached hydrogens (tertiary/aromatic N) is 2. The Morgan fingerprint density at radius 1 is 1.47 bits per heavy atom. The molecule has 0 atom stereocenters. The molecule has 0 unspecified atom stereocenters. The first-order chi connectivity index (χ1) is 6.52. The molecule has 0 saturated carbocycles. The van der Waals surface area contributed by atoms with Gasteiger partial charge >= 0.3 is 18.9 Å². The minimum absolute atomic E-state index is 0. The number of carbonyl (C=O) groups excluding carboxylic acids is 1. The second-order valence-electron chi connectivity index (χ2n) is 3.18. The van der Waals surface area contributed by atoms with Crippen molar-refractivity contribution in [2.75, 3.05) is 0 Å². The van der Waals surface area contributed by atoms with Gasteiger partial charge in [-0.2, -0.15) is 32.6 Å². The summed E-state index contributed by atoms with van der Waals surface area (Å²) in [4.78, 5) is 13.3. The molecule has 5 heteroatoms. The Morgan fingerprint density at radius 3 is 2.20 bits per heavy atom. The standard InChI is InChI=1S/C6H4N2O2.C4H9.Li/c1-4-5(3-9)6(7-2)10-8-4;1-4(2)3;/h2H,1H3;1-3H3;/q-2;-1;+1. The fourth-order valence-corrected chi connectivity index (χ4v) is 0.563. The van der Waals surface area contributed by atoms with Gasteiger partial charge in [-0.3, -0.25) is 0 Å². The summed E-state index contributed by atoms with van der Waals surface area (Å²) >= 11 is 0. The van der Waals surface area contributed by atoms with Gasteiger partial charge in [-0.1, -0.05) is 12.5 Å². The molecule has 0 aliphatic rings. The van der Waals surface area contributed by atoms with E-state index in [2.05, 4.69) is 35.4 Å². The second kappa shape index (κ2) is 8.46. The minimum atomic E-state index is 0. The molecule has 0 bridgehead atoms. The molecule has 1 aromatic rings. The number of hydrogen-bond donors (Lipinski definition) is 0. The van der Waals surface area contributed by atoms with E-state index in [1.165, 1.54) is 5.92 Å². The topological polar surface area (TPSA) is 55.5 Å². The zero-order valence-corrected chi connectivity index (χ0v) is 9.79. The third-order valence-electron chi connectivity index (χ3n) is 1.06. The van der Waals surface area contributed by atoms with Gasteiger partial charge in [0.25, 0.3) is 0 Å². The second-order valence-corrected chi connectivity index (χ2v) is 3.18. The van der Waals surface area contributed by atoms with Gasteiger partial charge in [0, 0.05) is 0 Å². The fraction of sp³-hybridized carbons (Fsp3) is 0.400. The van der Waals surface area contributed by atoms with Crippen molar-refractivity contribution in [3.05, 3.63) is 17.2 Å². The van der Waals surface area contributed by atoms with Gasteiger partial charge in [0.2, 0.25) is 0 Å². The van der Waals surface area contributed by atoms with Crippen LogP contribution in [0.1, 0.15) is 32.0 Å². The van der Waals surface area contributed by atoms with Crippen molar-refractivity contribution in [1.29, 1.82) is 0 Å². The summed E-state index contributed by atoms with van der Waals surface area (Å²) in [5.41, 5.74) is 0.627. The van der Waals surface area contributed by atoms with Crippen molar-refractivity contribution in [2.24, 2.45) is 4.99 Å². The van der Waals surface area contributed by atoms with Crippen molar-refractivity contribution in [2.45, 2.75) is 27.7 Å². The molecule has 0 fully saturated rings. The number of hydrogen-bond acceptors (Lipinski definition) is 4. The van der Waals surface area contributed by atoms with E-state index >= 15 is 0 Å². The molecule has 0 aromatic carbocycles. The van der Waals surface area contributed by atoms with Gasteiger partial charge in [0.05, 0.1) is 6.29 Å². The number of aryl methyl sites for hydroxylation is 1. The molecule has 1 heterocycles. The van der Waals surface area contributed by atoms with Gasteiger partial charge in [0.1, 0.15) is 5.88 Å². The summed E-state index contributed by atoms with van der Waals surface area (Å²) in [5, 5.41) is 3.45. The van der Waals surface area contributed by atoms with Crippen LogP contribution in [0, 0.1) is 12.8 Å².